The Hall–Kier alpha value is -1.05. The molecule has 0 amide bonds. The third kappa shape index (κ3) is 3.47. The Morgan fingerprint density at radius 3 is 2.86 bits per heavy atom. The van der Waals surface area contributed by atoms with Gasteiger partial charge < -0.3 is 9.64 Å². The first kappa shape index (κ1) is 15.8. The Kier molecular flexibility index (Phi) is 5.05. The van der Waals surface area contributed by atoms with Crippen molar-refractivity contribution in [2.24, 2.45) is 5.92 Å². The van der Waals surface area contributed by atoms with Crippen molar-refractivity contribution in [2.75, 3.05) is 31.7 Å². The van der Waals surface area contributed by atoms with Gasteiger partial charge in [0, 0.05) is 36.8 Å². The standard InChI is InChI=1S/C15H17BrFN3OS/c1-21-9-10-4-6-20(7-5-10)15-19-18-14(22-15)12-8-11(16)2-3-13(12)17/h2-3,8,10H,4-7,9H2,1H3. The molecule has 1 saturated heterocycles. The summed E-state index contributed by atoms with van der Waals surface area (Å²) in [7, 11) is 1.75. The Morgan fingerprint density at radius 1 is 1.36 bits per heavy atom. The fourth-order valence-electron chi connectivity index (χ4n) is 2.64. The van der Waals surface area contributed by atoms with Crippen LogP contribution in [0.1, 0.15) is 12.8 Å². The molecule has 0 saturated carbocycles. The minimum absolute atomic E-state index is 0.273. The van der Waals surface area contributed by atoms with E-state index in [1.165, 1.54) is 17.4 Å². The zero-order chi connectivity index (χ0) is 15.5. The van der Waals surface area contributed by atoms with Crippen LogP contribution in [0.25, 0.3) is 10.6 Å². The van der Waals surface area contributed by atoms with E-state index in [4.69, 9.17) is 4.74 Å². The number of aromatic nitrogens is 2. The monoisotopic (exact) mass is 385 g/mol. The van der Waals surface area contributed by atoms with Gasteiger partial charge in [-0.1, -0.05) is 27.3 Å². The average molecular weight is 386 g/mol. The molecular weight excluding hydrogens is 369 g/mol. The third-order valence-electron chi connectivity index (χ3n) is 3.86. The summed E-state index contributed by atoms with van der Waals surface area (Å²) in [6.07, 6.45) is 2.18. The van der Waals surface area contributed by atoms with Crippen LogP contribution in [0.5, 0.6) is 0 Å². The molecule has 1 fully saturated rings. The molecular formula is C15H17BrFN3OS. The molecule has 0 radical (unpaired) electrons. The normalized spacial score (nSPS) is 16.2. The minimum atomic E-state index is -0.273. The van der Waals surface area contributed by atoms with Gasteiger partial charge in [-0.15, -0.1) is 10.2 Å². The van der Waals surface area contributed by atoms with Crippen molar-refractivity contribution in [3.8, 4) is 10.6 Å². The van der Waals surface area contributed by atoms with Crippen molar-refractivity contribution in [1.82, 2.24) is 10.2 Å². The van der Waals surface area contributed by atoms with Crippen LogP contribution in [-0.4, -0.2) is 37.0 Å². The van der Waals surface area contributed by atoms with Gasteiger partial charge in [0.25, 0.3) is 0 Å². The van der Waals surface area contributed by atoms with Crippen LogP contribution in [-0.2, 0) is 4.74 Å². The molecule has 0 bridgehead atoms. The summed E-state index contributed by atoms with van der Waals surface area (Å²) in [5.74, 6) is 0.348. The first-order chi connectivity index (χ1) is 10.7. The molecule has 118 valence electrons. The van der Waals surface area contributed by atoms with E-state index >= 15 is 0 Å². The predicted molar refractivity (Wildman–Crippen MR) is 89.8 cm³/mol. The molecule has 0 spiro atoms. The molecule has 3 rings (SSSR count). The van der Waals surface area contributed by atoms with Gasteiger partial charge >= 0.3 is 0 Å². The van der Waals surface area contributed by atoms with E-state index in [1.54, 1.807) is 19.2 Å². The van der Waals surface area contributed by atoms with Gasteiger partial charge in [-0.2, -0.15) is 0 Å². The highest BCUT2D eigenvalue weighted by Gasteiger charge is 2.22. The number of hydrogen-bond donors (Lipinski definition) is 0. The predicted octanol–water partition coefficient (Wildman–Crippen LogP) is 3.97. The number of rotatable bonds is 4. The van der Waals surface area contributed by atoms with Crippen LogP contribution >= 0.6 is 27.3 Å². The van der Waals surface area contributed by atoms with Crippen LogP contribution in [0.2, 0.25) is 0 Å². The van der Waals surface area contributed by atoms with Gasteiger partial charge in [0.15, 0.2) is 5.01 Å². The molecule has 22 heavy (non-hydrogen) atoms. The summed E-state index contributed by atoms with van der Waals surface area (Å²) in [6, 6.07) is 4.86. The minimum Gasteiger partial charge on any atom is -0.384 e. The van der Waals surface area contributed by atoms with Gasteiger partial charge in [-0.25, -0.2) is 4.39 Å². The highest BCUT2D eigenvalue weighted by molar-refractivity contribution is 9.10. The second-order valence-corrected chi connectivity index (χ2v) is 7.27. The number of anilines is 1. The maximum Gasteiger partial charge on any atom is 0.208 e. The van der Waals surface area contributed by atoms with Crippen LogP contribution in [0.3, 0.4) is 0 Å². The molecule has 2 heterocycles. The summed E-state index contributed by atoms with van der Waals surface area (Å²) in [5.41, 5.74) is 0.493. The lowest BCUT2D eigenvalue weighted by Gasteiger charge is -2.30. The van der Waals surface area contributed by atoms with Crippen LogP contribution in [0.15, 0.2) is 22.7 Å². The zero-order valence-corrected chi connectivity index (χ0v) is 14.7. The molecule has 2 aromatic rings. The Labute approximate surface area is 141 Å². The fourth-order valence-corrected chi connectivity index (χ4v) is 3.92. The van der Waals surface area contributed by atoms with E-state index in [-0.39, 0.29) is 5.82 Å². The smallest absolute Gasteiger partial charge is 0.208 e. The average Bonchev–Trinajstić information content (AvgIpc) is 3.00. The number of ether oxygens (including phenoxy) is 1. The molecule has 1 aromatic carbocycles. The SMILES string of the molecule is COCC1CCN(c2nnc(-c3cc(Br)ccc3F)s2)CC1. The molecule has 0 unspecified atom stereocenters. The first-order valence-corrected chi connectivity index (χ1v) is 8.81. The van der Waals surface area contributed by atoms with Crippen molar-refractivity contribution in [2.45, 2.75) is 12.8 Å². The molecule has 4 nitrogen and oxygen atoms in total. The van der Waals surface area contributed by atoms with Gasteiger partial charge in [0.1, 0.15) is 5.82 Å². The van der Waals surface area contributed by atoms with E-state index in [0.717, 1.165) is 42.1 Å². The van der Waals surface area contributed by atoms with E-state index in [2.05, 4.69) is 31.0 Å². The van der Waals surface area contributed by atoms with E-state index in [1.807, 2.05) is 0 Å². The molecule has 0 atom stereocenters. The quantitative estimate of drug-likeness (QED) is 0.797. The topological polar surface area (TPSA) is 38.2 Å². The lowest BCUT2D eigenvalue weighted by atomic mass is 9.98. The lowest BCUT2D eigenvalue weighted by Crippen LogP contribution is -2.34. The first-order valence-electron chi connectivity index (χ1n) is 7.20. The van der Waals surface area contributed by atoms with Crippen molar-refractivity contribution in [3.63, 3.8) is 0 Å². The second kappa shape index (κ2) is 7.02. The van der Waals surface area contributed by atoms with E-state index in [0.29, 0.717) is 16.5 Å². The fraction of sp³-hybridized carbons (Fsp3) is 0.467. The molecule has 0 N–H and O–H groups in total. The largest absolute Gasteiger partial charge is 0.384 e. The highest BCUT2D eigenvalue weighted by atomic mass is 79.9. The summed E-state index contributed by atoms with van der Waals surface area (Å²) in [5, 5.41) is 9.88. The summed E-state index contributed by atoms with van der Waals surface area (Å²) >= 11 is 4.81. The van der Waals surface area contributed by atoms with Gasteiger partial charge in [-0.3, -0.25) is 0 Å². The second-order valence-electron chi connectivity index (χ2n) is 5.40. The number of nitrogens with zero attached hydrogens (tertiary/aromatic N) is 3. The van der Waals surface area contributed by atoms with Crippen molar-refractivity contribution < 1.29 is 9.13 Å². The number of piperidine rings is 1. The number of methoxy groups -OCH3 is 1. The molecule has 1 aromatic heterocycles. The van der Waals surface area contributed by atoms with E-state index in [9.17, 15) is 4.39 Å². The number of hydrogen-bond acceptors (Lipinski definition) is 5. The maximum absolute atomic E-state index is 13.9. The van der Waals surface area contributed by atoms with Gasteiger partial charge in [0.05, 0.1) is 0 Å². The maximum atomic E-state index is 13.9. The van der Waals surface area contributed by atoms with Crippen molar-refractivity contribution in [1.29, 1.82) is 0 Å². The molecule has 7 heteroatoms. The van der Waals surface area contributed by atoms with Crippen molar-refractivity contribution >= 4 is 32.4 Å². The molecule has 0 aliphatic carbocycles. The summed E-state index contributed by atoms with van der Waals surface area (Å²) in [4.78, 5) is 2.23. The van der Waals surface area contributed by atoms with Gasteiger partial charge in [0.2, 0.25) is 5.13 Å². The number of benzene rings is 1. The molecule has 1 aliphatic rings. The summed E-state index contributed by atoms with van der Waals surface area (Å²) in [6.45, 7) is 2.71. The lowest BCUT2D eigenvalue weighted by molar-refractivity contribution is 0.139. The molecule has 1 aliphatic heterocycles. The Bertz CT molecular complexity index is 643. The zero-order valence-electron chi connectivity index (χ0n) is 12.3. The van der Waals surface area contributed by atoms with Crippen LogP contribution in [0, 0.1) is 11.7 Å². The van der Waals surface area contributed by atoms with Gasteiger partial charge in [-0.05, 0) is 37.0 Å². The number of halogens is 2. The highest BCUT2D eigenvalue weighted by Crippen LogP contribution is 2.33. The third-order valence-corrected chi connectivity index (χ3v) is 5.37. The van der Waals surface area contributed by atoms with Crippen molar-refractivity contribution in [3.05, 3.63) is 28.5 Å². The Morgan fingerprint density at radius 2 is 2.14 bits per heavy atom. The van der Waals surface area contributed by atoms with Crippen LogP contribution < -0.4 is 4.90 Å². The Balaban J connectivity index is 1.73. The van der Waals surface area contributed by atoms with Crippen LogP contribution in [0.4, 0.5) is 9.52 Å². The summed E-state index contributed by atoms with van der Waals surface area (Å²) < 4.78 is 20.0. The van der Waals surface area contributed by atoms with E-state index < -0.39 is 0 Å².